The van der Waals surface area contributed by atoms with Gasteiger partial charge in [-0.2, -0.15) is 8.78 Å². The van der Waals surface area contributed by atoms with Gasteiger partial charge in [0.15, 0.2) is 0 Å². The summed E-state index contributed by atoms with van der Waals surface area (Å²) in [6.45, 7) is 7.97. The van der Waals surface area contributed by atoms with E-state index in [1.54, 1.807) is 42.4 Å². The molecule has 0 bridgehead atoms. The highest BCUT2D eigenvalue weighted by Crippen LogP contribution is 2.34. The molecule has 1 aliphatic heterocycles. The number of hydrogen-bond donors (Lipinski definition) is 0. The summed E-state index contributed by atoms with van der Waals surface area (Å²) in [5, 5.41) is 0.695. The maximum atomic E-state index is 14.3. The Bertz CT molecular complexity index is 1300. The largest absolute Gasteiger partial charge is 0.381 e. The second-order valence-corrected chi connectivity index (χ2v) is 9.65. The van der Waals surface area contributed by atoms with Gasteiger partial charge >= 0.3 is 0 Å². The number of carbonyl (C=O) groups is 1. The van der Waals surface area contributed by atoms with Crippen LogP contribution in [0.4, 0.5) is 8.78 Å². The van der Waals surface area contributed by atoms with Gasteiger partial charge in [-0.25, -0.2) is 4.98 Å². The highest BCUT2D eigenvalue weighted by atomic mass is 35.5. The van der Waals surface area contributed by atoms with Crippen LogP contribution >= 0.6 is 23.2 Å². The van der Waals surface area contributed by atoms with Gasteiger partial charge in [-0.3, -0.25) is 4.79 Å². The van der Waals surface area contributed by atoms with E-state index in [4.69, 9.17) is 27.9 Å². The molecule has 186 valence electrons. The van der Waals surface area contributed by atoms with Crippen molar-refractivity contribution >= 4 is 34.8 Å². The Morgan fingerprint density at radius 3 is 2.60 bits per heavy atom. The predicted molar refractivity (Wildman–Crippen MR) is 134 cm³/mol. The summed E-state index contributed by atoms with van der Waals surface area (Å²) in [7, 11) is 1.68. The quantitative estimate of drug-likeness (QED) is 0.353. The predicted octanol–water partition coefficient (Wildman–Crippen LogP) is 6.38. The molecular weight excluding hydrogens is 495 g/mol. The van der Waals surface area contributed by atoms with Crippen LogP contribution in [-0.2, 0) is 17.1 Å². The molecule has 0 aliphatic carbocycles. The van der Waals surface area contributed by atoms with Gasteiger partial charge in [-0.1, -0.05) is 29.8 Å². The number of methoxy groups -OCH3 is 1. The number of aromatic nitrogens is 2. The Labute approximate surface area is 213 Å². The number of aryl methyl sites for hydroxylation is 2. The van der Waals surface area contributed by atoms with E-state index in [-0.39, 0.29) is 29.0 Å². The van der Waals surface area contributed by atoms with Crippen LogP contribution in [0.15, 0.2) is 37.1 Å². The van der Waals surface area contributed by atoms with Gasteiger partial charge in [-0.15, -0.1) is 0 Å². The number of likely N-dealkylation sites (tertiary alicyclic amines) is 1. The highest BCUT2D eigenvalue weighted by molar-refractivity contribution is 6.38. The van der Waals surface area contributed by atoms with Crippen LogP contribution in [0, 0.1) is 13.8 Å². The second-order valence-electron chi connectivity index (χ2n) is 8.87. The first-order valence-electron chi connectivity index (χ1n) is 11.4. The number of hydrogen-bond acceptors (Lipinski definition) is 3. The van der Waals surface area contributed by atoms with Crippen molar-refractivity contribution < 1.29 is 18.3 Å². The van der Waals surface area contributed by atoms with Crippen LogP contribution in [-0.4, -0.2) is 46.5 Å². The SMILES string of the molecule is C=CC(F)(F)c1cc(C)c2nc(Cc3c(Cl)ccc(C(=O)N4CCC(OC)CC4)c3Cl)c(C)n2c1. The van der Waals surface area contributed by atoms with E-state index in [0.29, 0.717) is 57.9 Å². The summed E-state index contributed by atoms with van der Waals surface area (Å²) < 4.78 is 35.6. The van der Waals surface area contributed by atoms with Gasteiger partial charge in [0.25, 0.3) is 11.8 Å². The molecule has 0 unspecified atom stereocenters. The number of fused-ring (bicyclic) bond motifs is 1. The van der Waals surface area contributed by atoms with Crippen LogP contribution in [0.3, 0.4) is 0 Å². The number of rotatable bonds is 6. The first kappa shape index (κ1) is 25.6. The Morgan fingerprint density at radius 1 is 1.29 bits per heavy atom. The van der Waals surface area contributed by atoms with E-state index >= 15 is 0 Å². The van der Waals surface area contributed by atoms with Crippen molar-refractivity contribution in [3.8, 4) is 0 Å². The molecule has 1 aromatic carbocycles. The van der Waals surface area contributed by atoms with Gasteiger partial charge < -0.3 is 14.0 Å². The molecule has 0 saturated carbocycles. The maximum absolute atomic E-state index is 14.3. The zero-order valence-corrected chi connectivity index (χ0v) is 21.4. The van der Waals surface area contributed by atoms with Gasteiger partial charge in [-0.05, 0) is 62.1 Å². The maximum Gasteiger partial charge on any atom is 0.292 e. The van der Waals surface area contributed by atoms with Gasteiger partial charge in [0.05, 0.1) is 22.4 Å². The van der Waals surface area contributed by atoms with Crippen LogP contribution in [0.5, 0.6) is 0 Å². The van der Waals surface area contributed by atoms with Crippen molar-refractivity contribution in [3.63, 3.8) is 0 Å². The molecule has 1 fully saturated rings. The first-order chi connectivity index (χ1) is 16.6. The smallest absolute Gasteiger partial charge is 0.292 e. The molecule has 0 spiro atoms. The van der Waals surface area contributed by atoms with Gasteiger partial charge in [0.2, 0.25) is 0 Å². The minimum Gasteiger partial charge on any atom is -0.381 e. The van der Waals surface area contributed by atoms with Gasteiger partial charge in [0, 0.05) is 49.1 Å². The summed E-state index contributed by atoms with van der Waals surface area (Å²) in [4.78, 5) is 19.7. The number of imidazole rings is 1. The molecule has 9 heteroatoms. The summed E-state index contributed by atoms with van der Waals surface area (Å²) in [6.07, 6.45) is 3.96. The normalized spacial score (nSPS) is 15.1. The van der Waals surface area contributed by atoms with E-state index in [1.807, 2.05) is 0 Å². The van der Waals surface area contributed by atoms with Crippen LogP contribution in [0.2, 0.25) is 10.0 Å². The Morgan fingerprint density at radius 2 is 1.97 bits per heavy atom. The van der Waals surface area contributed by atoms with Crippen molar-refractivity contribution in [1.82, 2.24) is 14.3 Å². The number of allylic oxidation sites excluding steroid dienone is 1. The first-order valence-corrected chi connectivity index (χ1v) is 12.1. The molecule has 0 N–H and O–H groups in total. The van der Waals surface area contributed by atoms with Crippen molar-refractivity contribution in [3.05, 3.63) is 80.7 Å². The van der Waals surface area contributed by atoms with E-state index in [2.05, 4.69) is 11.6 Å². The third kappa shape index (κ3) is 4.82. The molecule has 1 saturated heterocycles. The fourth-order valence-corrected chi connectivity index (χ4v) is 5.08. The molecule has 3 heterocycles. The second kappa shape index (κ2) is 9.88. The molecule has 0 atom stereocenters. The number of nitrogens with zero attached hydrogens (tertiary/aromatic N) is 3. The fourth-order valence-electron chi connectivity index (χ4n) is 4.50. The number of ether oxygens (including phenoxy) is 1. The monoisotopic (exact) mass is 521 g/mol. The van der Waals surface area contributed by atoms with Crippen molar-refractivity contribution in [2.75, 3.05) is 20.2 Å². The fraction of sp³-hybridized carbons (Fsp3) is 0.385. The summed E-state index contributed by atoms with van der Waals surface area (Å²) in [5.74, 6) is -3.31. The van der Waals surface area contributed by atoms with E-state index < -0.39 is 5.92 Å². The van der Waals surface area contributed by atoms with Crippen LogP contribution < -0.4 is 0 Å². The standard InChI is InChI=1S/C26H27Cl2F2N3O2/c1-5-26(29,30)17-12-15(2)24-31-22(16(3)33(24)14-17)13-20-21(27)7-6-19(23(20)28)25(34)32-10-8-18(35-4)9-11-32/h5-7,12,14,18H,1,8-11,13H2,2-4H3. The van der Waals surface area contributed by atoms with Crippen molar-refractivity contribution in [2.24, 2.45) is 0 Å². The third-order valence-corrected chi connectivity index (χ3v) is 7.49. The molecule has 35 heavy (non-hydrogen) atoms. The number of benzene rings is 1. The minimum atomic E-state index is -3.16. The molecule has 4 rings (SSSR count). The Balaban J connectivity index is 1.68. The number of pyridine rings is 1. The van der Waals surface area contributed by atoms with Crippen molar-refractivity contribution in [2.45, 2.75) is 45.1 Å². The lowest BCUT2D eigenvalue weighted by molar-refractivity contribution is 0.0350. The Kier molecular flexibility index (Phi) is 7.23. The van der Waals surface area contributed by atoms with Crippen LogP contribution in [0.25, 0.3) is 5.65 Å². The molecule has 1 amide bonds. The Hall–Kier alpha value is -2.48. The molecular formula is C26H27Cl2F2N3O2. The topological polar surface area (TPSA) is 46.8 Å². The van der Waals surface area contributed by atoms with E-state index in [0.717, 1.165) is 12.8 Å². The average molecular weight is 522 g/mol. The van der Waals surface area contributed by atoms with Crippen molar-refractivity contribution in [1.29, 1.82) is 0 Å². The zero-order chi connectivity index (χ0) is 25.5. The lowest BCUT2D eigenvalue weighted by Crippen LogP contribution is -2.40. The summed E-state index contributed by atoms with van der Waals surface area (Å²) in [5.41, 5.74) is 3.31. The molecule has 0 radical (unpaired) electrons. The lowest BCUT2D eigenvalue weighted by atomic mass is 10.0. The summed E-state index contributed by atoms with van der Waals surface area (Å²) >= 11 is 13.2. The minimum absolute atomic E-state index is 0.152. The summed E-state index contributed by atoms with van der Waals surface area (Å²) in [6, 6.07) is 4.72. The number of halogens is 4. The average Bonchev–Trinajstić information content (AvgIpc) is 3.17. The number of carbonyl (C=O) groups excluding carboxylic acids is 1. The highest BCUT2D eigenvalue weighted by Gasteiger charge is 2.29. The van der Waals surface area contributed by atoms with Gasteiger partial charge in [0.1, 0.15) is 5.65 Å². The number of alkyl halides is 2. The molecule has 1 aliphatic rings. The van der Waals surface area contributed by atoms with Crippen LogP contribution in [0.1, 0.15) is 51.3 Å². The molecule has 3 aromatic rings. The third-order valence-electron chi connectivity index (χ3n) is 6.71. The molecule has 2 aromatic heterocycles. The van der Waals surface area contributed by atoms with E-state index in [9.17, 15) is 13.6 Å². The number of piperidine rings is 1. The lowest BCUT2D eigenvalue weighted by Gasteiger charge is -2.31. The van der Waals surface area contributed by atoms with E-state index in [1.165, 1.54) is 12.3 Å². The molecule has 5 nitrogen and oxygen atoms in total. The zero-order valence-electron chi connectivity index (χ0n) is 19.9. The number of amides is 1.